The third-order valence-electron chi connectivity index (χ3n) is 2.74. The molecule has 2 fully saturated rings. The minimum Gasteiger partial charge on any atom is -0.377 e. The first-order chi connectivity index (χ1) is 6.95. The van der Waals surface area contributed by atoms with Crippen molar-refractivity contribution in [1.82, 2.24) is 0 Å². The van der Waals surface area contributed by atoms with Gasteiger partial charge in [0.25, 0.3) is 0 Å². The highest BCUT2D eigenvalue weighted by atomic mass is 16.5. The van der Waals surface area contributed by atoms with Crippen LogP contribution in [0, 0.1) is 0 Å². The van der Waals surface area contributed by atoms with Crippen LogP contribution in [0.4, 0.5) is 0 Å². The van der Waals surface area contributed by atoms with E-state index in [2.05, 4.69) is 0 Å². The van der Waals surface area contributed by atoms with E-state index in [1.807, 2.05) is 0 Å². The Morgan fingerprint density at radius 2 is 1.29 bits per heavy atom. The van der Waals surface area contributed by atoms with E-state index in [0.29, 0.717) is 25.4 Å². The molecule has 0 aromatic heterocycles. The highest BCUT2D eigenvalue weighted by molar-refractivity contribution is 4.72. The zero-order chi connectivity index (χ0) is 9.64. The SMILES string of the molecule is C1CC(OCCOCCOC2CC2)C1. The van der Waals surface area contributed by atoms with Crippen LogP contribution in [-0.2, 0) is 14.2 Å². The summed E-state index contributed by atoms with van der Waals surface area (Å²) >= 11 is 0. The average molecular weight is 200 g/mol. The van der Waals surface area contributed by atoms with Crippen molar-refractivity contribution in [2.24, 2.45) is 0 Å². The largest absolute Gasteiger partial charge is 0.377 e. The molecule has 0 N–H and O–H groups in total. The van der Waals surface area contributed by atoms with Crippen LogP contribution in [-0.4, -0.2) is 38.6 Å². The zero-order valence-electron chi connectivity index (χ0n) is 8.74. The van der Waals surface area contributed by atoms with Crippen LogP contribution in [0.5, 0.6) is 0 Å². The summed E-state index contributed by atoms with van der Waals surface area (Å²) in [6.45, 7) is 2.91. The Hall–Kier alpha value is -0.120. The molecule has 0 aromatic carbocycles. The monoisotopic (exact) mass is 200 g/mol. The first-order valence-electron chi connectivity index (χ1n) is 5.76. The van der Waals surface area contributed by atoms with Crippen molar-refractivity contribution in [3.05, 3.63) is 0 Å². The molecule has 0 atom stereocenters. The van der Waals surface area contributed by atoms with Gasteiger partial charge in [-0.05, 0) is 32.1 Å². The van der Waals surface area contributed by atoms with Crippen molar-refractivity contribution in [1.29, 1.82) is 0 Å². The summed E-state index contributed by atoms with van der Waals surface area (Å²) in [6, 6.07) is 0. The molecular weight excluding hydrogens is 180 g/mol. The molecular formula is C11H20O3. The van der Waals surface area contributed by atoms with Gasteiger partial charge in [-0.2, -0.15) is 0 Å². The van der Waals surface area contributed by atoms with Crippen LogP contribution in [0.3, 0.4) is 0 Å². The van der Waals surface area contributed by atoms with Crippen LogP contribution >= 0.6 is 0 Å². The number of rotatable bonds is 8. The molecule has 0 heterocycles. The molecule has 2 rings (SSSR count). The summed E-state index contributed by atoms with van der Waals surface area (Å²) in [6.07, 6.45) is 7.37. The fraction of sp³-hybridized carbons (Fsp3) is 1.00. The standard InChI is InChI=1S/C11H20O3/c1-2-10(3-1)13-8-6-12-7-9-14-11-4-5-11/h10-11H,1-9H2. The minimum atomic E-state index is 0.529. The molecule has 2 aliphatic carbocycles. The highest BCUT2D eigenvalue weighted by Gasteiger charge is 2.21. The van der Waals surface area contributed by atoms with Crippen molar-refractivity contribution in [2.75, 3.05) is 26.4 Å². The van der Waals surface area contributed by atoms with Crippen molar-refractivity contribution < 1.29 is 14.2 Å². The van der Waals surface area contributed by atoms with E-state index in [0.717, 1.165) is 13.2 Å². The molecule has 0 aliphatic heterocycles. The van der Waals surface area contributed by atoms with Gasteiger partial charge in [0.15, 0.2) is 0 Å². The van der Waals surface area contributed by atoms with Gasteiger partial charge in [-0.15, -0.1) is 0 Å². The maximum absolute atomic E-state index is 5.55. The highest BCUT2D eigenvalue weighted by Crippen LogP contribution is 2.23. The molecule has 3 heteroatoms. The Kier molecular flexibility index (Phi) is 4.22. The second-order valence-corrected chi connectivity index (χ2v) is 4.11. The Labute approximate surface area is 85.7 Å². The molecule has 0 bridgehead atoms. The molecule has 0 unspecified atom stereocenters. The summed E-state index contributed by atoms with van der Waals surface area (Å²) < 4.78 is 16.4. The van der Waals surface area contributed by atoms with Gasteiger partial charge in [0, 0.05) is 0 Å². The maximum atomic E-state index is 5.55. The van der Waals surface area contributed by atoms with E-state index >= 15 is 0 Å². The molecule has 3 nitrogen and oxygen atoms in total. The molecule has 0 aromatic rings. The van der Waals surface area contributed by atoms with Crippen LogP contribution < -0.4 is 0 Å². The lowest BCUT2D eigenvalue weighted by Gasteiger charge is -2.25. The van der Waals surface area contributed by atoms with E-state index < -0.39 is 0 Å². The Balaban J connectivity index is 1.29. The molecule has 0 amide bonds. The number of ether oxygens (including phenoxy) is 3. The lowest BCUT2D eigenvalue weighted by Crippen LogP contribution is -2.23. The van der Waals surface area contributed by atoms with E-state index in [-0.39, 0.29) is 0 Å². The number of hydrogen-bond donors (Lipinski definition) is 0. The first kappa shape index (κ1) is 10.4. The predicted octanol–water partition coefficient (Wildman–Crippen LogP) is 1.75. The van der Waals surface area contributed by atoms with Crippen molar-refractivity contribution >= 4 is 0 Å². The summed E-state index contributed by atoms with van der Waals surface area (Å²) in [4.78, 5) is 0. The quantitative estimate of drug-likeness (QED) is 0.559. The van der Waals surface area contributed by atoms with Crippen molar-refractivity contribution in [3.8, 4) is 0 Å². The van der Waals surface area contributed by atoms with Gasteiger partial charge in [0.2, 0.25) is 0 Å². The van der Waals surface area contributed by atoms with Crippen LogP contribution in [0.1, 0.15) is 32.1 Å². The van der Waals surface area contributed by atoms with E-state index in [9.17, 15) is 0 Å². The lowest BCUT2D eigenvalue weighted by molar-refractivity contribution is -0.0378. The van der Waals surface area contributed by atoms with Gasteiger partial charge in [-0.3, -0.25) is 0 Å². The molecule has 0 spiro atoms. The molecule has 2 aliphatic rings. The smallest absolute Gasteiger partial charge is 0.0704 e. The Bertz CT molecular complexity index is 153. The van der Waals surface area contributed by atoms with Gasteiger partial charge in [-0.1, -0.05) is 0 Å². The summed E-state index contributed by atoms with van der Waals surface area (Å²) in [5.74, 6) is 0. The van der Waals surface area contributed by atoms with Gasteiger partial charge in [-0.25, -0.2) is 0 Å². The second kappa shape index (κ2) is 5.69. The molecule has 0 radical (unpaired) electrons. The van der Waals surface area contributed by atoms with Gasteiger partial charge >= 0.3 is 0 Å². The summed E-state index contributed by atoms with van der Waals surface area (Å²) in [7, 11) is 0. The first-order valence-corrected chi connectivity index (χ1v) is 5.76. The van der Waals surface area contributed by atoms with E-state index in [1.54, 1.807) is 0 Å². The molecule has 0 saturated heterocycles. The van der Waals surface area contributed by atoms with Crippen molar-refractivity contribution in [2.45, 2.75) is 44.3 Å². The van der Waals surface area contributed by atoms with Gasteiger partial charge in [0.05, 0.1) is 38.6 Å². The average Bonchev–Trinajstić information content (AvgIpc) is 2.90. The Morgan fingerprint density at radius 1 is 0.714 bits per heavy atom. The second-order valence-electron chi connectivity index (χ2n) is 4.11. The molecule has 14 heavy (non-hydrogen) atoms. The van der Waals surface area contributed by atoms with E-state index in [1.165, 1.54) is 32.1 Å². The number of hydrogen-bond acceptors (Lipinski definition) is 3. The third kappa shape index (κ3) is 3.95. The fourth-order valence-corrected chi connectivity index (χ4v) is 1.42. The normalized spacial score (nSPS) is 22.3. The van der Waals surface area contributed by atoms with Crippen LogP contribution in [0.15, 0.2) is 0 Å². The summed E-state index contributed by atoms with van der Waals surface area (Å²) in [5.41, 5.74) is 0. The summed E-state index contributed by atoms with van der Waals surface area (Å²) in [5, 5.41) is 0. The Morgan fingerprint density at radius 3 is 1.71 bits per heavy atom. The van der Waals surface area contributed by atoms with Gasteiger partial charge < -0.3 is 14.2 Å². The minimum absolute atomic E-state index is 0.529. The fourth-order valence-electron chi connectivity index (χ4n) is 1.42. The predicted molar refractivity (Wildman–Crippen MR) is 53.4 cm³/mol. The molecule has 2 saturated carbocycles. The zero-order valence-corrected chi connectivity index (χ0v) is 8.74. The van der Waals surface area contributed by atoms with Crippen LogP contribution in [0.2, 0.25) is 0 Å². The maximum Gasteiger partial charge on any atom is 0.0704 e. The third-order valence-corrected chi connectivity index (χ3v) is 2.74. The van der Waals surface area contributed by atoms with Gasteiger partial charge in [0.1, 0.15) is 0 Å². The van der Waals surface area contributed by atoms with E-state index in [4.69, 9.17) is 14.2 Å². The molecule has 82 valence electrons. The van der Waals surface area contributed by atoms with Crippen molar-refractivity contribution in [3.63, 3.8) is 0 Å². The van der Waals surface area contributed by atoms with Crippen LogP contribution in [0.25, 0.3) is 0 Å². The topological polar surface area (TPSA) is 27.7 Å². The lowest BCUT2D eigenvalue weighted by atomic mass is 9.96.